The van der Waals surface area contributed by atoms with Crippen LogP contribution in [-0.4, -0.2) is 47.9 Å². The minimum absolute atomic E-state index is 0.139. The Bertz CT molecular complexity index is 743. The van der Waals surface area contributed by atoms with Crippen LogP contribution in [0.3, 0.4) is 0 Å². The molecule has 0 unspecified atom stereocenters. The first-order chi connectivity index (χ1) is 12.6. The van der Waals surface area contributed by atoms with Gasteiger partial charge in [0.25, 0.3) is 0 Å². The average Bonchev–Trinajstić information content (AvgIpc) is 3.12. The second-order valence-corrected chi connectivity index (χ2v) is 7.16. The van der Waals surface area contributed by atoms with Crippen molar-refractivity contribution in [2.75, 3.05) is 27.2 Å². The van der Waals surface area contributed by atoms with E-state index in [0.29, 0.717) is 5.11 Å². The van der Waals surface area contributed by atoms with Gasteiger partial charge >= 0.3 is 0 Å². The van der Waals surface area contributed by atoms with Crippen LogP contribution in [-0.2, 0) is 0 Å². The highest BCUT2D eigenvalue weighted by molar-refractivity contribution is 7.80. The van der Waals surface area contributed by atoms with Gasteiger partial charge in [-0.2, -0.15) is 5.10 Å². The maximum absolute atomic E-state index is 5.67. The zero-order valence-electron chi connectivity index (χ0n) is 15.4. The zero-order valence-corrected chi connectivity index (χ0v) is 16.2. The topological polar surface area (TPSA) is 30.9 Å². The number of hydrazone groups is 1. The Morgan fingerprint density at radius 1 is 1.12 bits per heavy atom. The lowest BCUT2D eigenvalue weighted by molar-refractivity contribution is 0.359. The summed E-state index contributed by atoms with van der Waals surface area (Å²) in [6, 6.07) is 21.0. The van der Waals surface area contributed by atoms with E-state index in [9.17, 15) is 0 Å². The van der Waals surface area contributed by atoms with E-state index in [-0.39, 0.29) is 6.04 Å². The van der Waals surface area contributed by atoms with Crippen molar-refractivity contribution in [3.05, 3.63) is 71.8 Å². The van der Waals surface area contributed by atoms with Gasteiger partial charge in [0.2, 0.25) is 0 Å². The lowest BCUT2D eigenvalue weighted by Crippen LogP contribution is -2.37. The monoisotopic (exact) mass is 366 g/mol. The highest BCUT2D eigenvalue weighted by Crippen LogP contribution is 2.32. The van der Waals surface area contributed by atoms with Crippen LogP contribution >= 0.6 is 12.2 Å². The largest absolute Gasteiger partial charge is 0.361 e. The summed E-state index contributed by atoms with van der Waals surface area (Å²) in [5, 5.41) is 10.9. The van der Waals surface area contributed by atoms with Crippen molar-refractivity contribution < 1.29 is 0 Å². The van der Waals surface area contributed by atoms with Crippen LogP contribution < -0.4 is 5.32 Å². The fourth-order valence-electron chi connectivity index (χ4n) is 3.11. The van der Waals surface area contributed by atoms with Gasteiger partial charge in [0, 0.05) is 13.0 Å². The first-order valence-electron chi connectivity index (χ1n) is 9.05. The Morgan fingerprint density at radius 3 is 2.42 bits per heavy atom. The summed E-state index contributed by atoms with van der Waals surface area (Å²) in [6.45, 7) is 1.89. The molecule has 0 fully saturated rings. The third-order valence-electron chi connectivity index (χ3n) is 4.47. The molecule has 1 N–H and O–H groups in total. The van der Waals surface area contributed by atoms with E-state index in [2.05, 4.69) is 72.8 Å². The molecule has 0 amide bonds. The zero-order chi connectivity index (χ0) is 18.4. The van der Waals surface area contributed by atoms with E-state index in [0.717, 1.165) is 37.2 Å². The first-order valence-corrected chi connectivity index (χ1v) is 9.45. The Hall–Kier alpha value is -2.24. The van der Waals surface area contributed by atoms with E-state index in [1.807, 2.05) is 17.1 Å². The van der Waals surface area contributed by atoms with Crippen LogP contribution in [0.1, 0.15) is 30.0 Å². The van der Waals surface area contributed by atoms with Crippen molar-refractivity contribution in [3.8, 4) is 0 Å². The van der Waals surface area contributed by atoms with Crippen LogP contribution in [0.5, 0.6) is 0 Å². The summed E-state index contributed by atoms with van der Waals surface area (Å²) in [6.07, 6.45) is 1.90. The van der Waals surface area contributed by atoms with Crippen LogP contribution in [0.2, 0.25) is 0 Å². The number of benzene rings is 2. The van der Waals surface area contributed by atoms with Crippen molar-refractivity contribution >= 4 is 23.0 Å². The first kappa shape index (κ1) is 18.5. The van der Waals surface area contributed by atoms with Gasteiger partial charge in [0.05, 0.1) is 11.8 Å². The summed E-state index contributed by atoms with van der Waals surface area (Å²) in [5.74, 6) is 0. The number of nitrogens with one attached hydrogen (secondary N) is 1. The summed E-state index contributed by atoms with van der Waals surface area (Å²) in [7, 11) is 4.17. The molecule has 0 aliphatic carbocycles. The number of hydrogen-bond donors (Lipinski definition) is 1. The molecule has 1 heterocycles. The SMILES string of the molecule is CN(C)CCCNC(=S)N1N=C(c2ccccc2)C[C@@H]1c1ccccc1. The van der Waals surface area contributed by atoms with Crippen LogP contribution in [0.15, 0.2) is 65.8 Å². The molecule has 0 bridgehead atoms. The number of hydrogen-bond acceptors (Lipinski definition) is 3. The molecule has 26 heavy (non-hydrogen) atoms. The van der Waals surface area contributed by atoms with Gasteiger partial charge in [-0.05, 0) is 50.4 Å². The Balaban J connectivity index is 1.75. The van der Waals surface area contributed by atoms with Gasteiger partial charge < -0.3 is 10.2 Å². The number of thiocarbonyl (C=S) groups is 1. The minimum Gasteiger partial charge on any atom is -0.361 e. The molecule has 5 heteroatoms. The Kier molecular flexibility index (Phi) is 6.36. The van der Waals surface area contributed by atoms with Gasteiger partial charge in [-0.25, -0.2) is 5.01 Å². The van der Waals surface area contributed by atoms with Gasteiger partial charge in [0.1, 0.15) is 0 Å². The van der Waals surface area contributed by atoms with Gasteiger partial charge in [-0.3, -0.25) is 0 Å². The number of nitrogens with zero attached hydrogens (tertiary/aromatic N) is 3. The molecule has 1 aliphatic rings. The molecular weight excluding hydrogens is 340 g/mol. The molecule has 0 spiro atoms. The van der Waals surface area contributed by atoms with Crippen LogP contribution in [0, 0.1) is 0 Å². The van der Waals surface area contributed by atoms with Crippen molar-refractivity contribution in [3.63, 3.8) is 0 Å². The quantitative estimate of drug-likeness (QED) is 0.624. The molecule has 4 nitrogen and oxygen atoms in total. The summed E-state index contributed by atoms with van der Waals surface area (Å²) in [4.78, 5) is 2.18. The van der Waals surface area contributed by atoms with E-state index in [1.54, 1.807) is 0 Å². The van der Waals surface area contributed by atoms with Crippen LogP contribution in [0.25, 0.3) is 0 Å². The summed E-state index contributed by atoms with van der Waals surface area (Å²) < 4.78 is 0. The van der Waals surface area contributed by atoms with E-state index < -0.39 is 0 Å². The van der Waals surface area contributed by atoms with Gasteiger partial charge in [-0.15, -0.1) is 0 Å². The molecule has 0 saturated heterocycles. The van der Waals surface area contributed by atoms with Crippen molar-refractivity contribution in [1.82, 2.24) is 15.2 Å². The highest BCUT2D eigenvalue weighted by Gasteiger charge is 2.31. The lowest BCUT2D eigenvalue weighted by atomic mass is 9.99. The molecule has 0 saturated carbocycles. The minimum atomic E-state index is 0.139. The second kappa shape index (κ2) is 8.92. The molecule has 3 rings (SSSR count). The molecule has 0 aromatic heterocycles. The molecule has 1 aliphatic heterocycles. The Morgan fingerprint density at radius 2 is 1.77 bits per heavy atom. The maximum Gasteiger partial charge on any atom is 0.190 e. The number of rotatable bonds is 6. The Labute approximate surface area is 161 Å². The maximum atomic E-state index is 5.67. The molecule has 0 radical (unpaired) electrons. The van der Waals surface area contributed by atoms with Gasteiger partial charge in [-0.1, -0.05) is 60.7 Å². The predicted octanol–water partition coefficient (Wildman–Crippen LogP) is 3.66. The standard InChI is InChI=1S/C21H26N4S/c1-24(2)15-9-14-22-21(26)25-20(18-12-7-4-8-13-18)16-19(23-25)17-10-5-3-6-11-17/h3-8,10-13,20H,9,14-16H2,1-2H3,(H,22,26)/t20-/m1/s1. The van der Waals surface area contributed by atoms with Crippen molar-refractivity contribution in [2.24, 2.45) is 5.10 Å². The van der Waals surface area contributed by atoms with E-state index in [1.165, 1.54) is 5.56 Å². The van der Waals surface area contributed by atoms with Crippen LogP contribution in [0.4, 0.5) is 0 Å². The van der Waals surface area contributed by atoms with Crippen molar-refractivity contribution in [2.45, 2.75) is 18.9 Å². The molecule has 1 atom stereocenters. The highest BCUT2D eigenvalue weighted by atomic mass is 32.1. The van der Waals surface area contributed by atoms with E-state index in [4.69, 9.17) is 17.3 Å². The summed E-state index contributed by atoms with van der Waals surface area (Å²) >= 11 is 5.67. The fraction of sp³-hybridized carbons (Fsp3) is 0.333. The molecular formula is C21H26N4S. The summed E-state index contributed by atoms with van der Waals surface area (Å²) in [5.41, 5.74) is 3.47. The van der Waals surface area contributed by atoms with Crippen molar-refractivity contribution in [1.29, 1.82) is 0 Å². The lowest BCUT2D eigenvalue weighted by Gasteiger charge is -2.25. The molecule has 2 aromatic rings. The third kappa shape index (κ3) is 4.68. The fourth-order valence-corrected chi connectivity index (χ4v) is 3.38. The van der Waals surface area contributed by atoms with E-state index >= 15 is 0 Å². The third-order valence-corrected chi connectivity index (χ3v) is 4.80. The molecule has 2 aromatic carbocycles. The second-order valence-electron chi connectivity index (χ2n) is 6.78. The molecule has 136 valence electrons. The predicted molar refractivity (Wildman–Crippen MR) is 112 cm³/mol. The smallest absolute Gasteiger partial charge is 0.190 e. The average molecular weight is 367 g/mol. The van der Waals surface area contributed by atoms with Gasteiger partial charge in [0.15, 0.2) is 5.11 Å². The normalized spacial score (nSPS) is 16.7.